The van der Waals surface area contributed by atoms with Gasteiger partial charge in [0.2, 0.25) is 5.91 Å². The van der Waals surface area contributed by atoms with Gasteiger partial charge in [0.1, 0.15) is 5.82 Å². The maximum Gasteiger partial charge on any atom is 0.335 e. The minimum Gasteiger partial charge on any atom is -0.478 e. The molecule has 6 nitrogen and oxygen atoms in total. The lowest BCUT2D eigenvalue weighted by molar-refractivity contribution is -0.116. The highest BCUT2D eigenvalue weighted by molar-refractivity contribution is 5.94. The molecular weight excluding hydrogens is 330 g/mol. The van der Waals surface area contributed by atoms with E-state index < -0.39 is 5.97 Å². The second-order valence-electron chi connectivity index (χ2n) is 6.32. The molecule has 0 aliphatic carbocycles. The van der Waals surface area contributed by atoms with Crippen LogP contribution in [0.25, 0.3) is 0 Å². The Morgan fingerprint density at radius 2 is 1.88 bits per heavy atom. The molecule has 1 aliphatic rings. The number of carbonyl (C=O) groups excluding carboxylic acids is 1. The lowest BCUT2D eigenvalue weighted by Crippen LogP contribution is -2.25. The van der Waals surface area contributed by atoms with Gasteiger partial charge < -0.3 is 10.4 Å². The fourth-order valence-corrected chi connectivity index (χ4v) is 3.30. The largest absolute Gasteiger partial charge is 0.478 e. The predicted octanol–water partition coefficient (Wildman–Crippen LogP) is 3.10. The predicted molar refractivity (Wildman–Crippen MR) is 96.3 cm³/mol. The smallest absolute Gasteiger partial charge is 0.335 e. The summed E-state index contributed by atoms with van der Waals surface area (Å²) in [4.78, 5) is 23.3. The minimum absolute atomic E-state index is 0.0698. The molecule has 0 spiro atoms. The molecule has 6 heteroatoms. The first-order chi connectivity index (χ1) is 12.6. The van der Waals surface area contributed by atoms with Crippen LogP contribution in [0, 0.1) is 0 Å². The number of amides is 1. The van der Waals surface area contributed by atoms with E-state index in [2.05, 4.69) is 10.4 Å². The Hall–Kier alpha value is -3.41. The summed E-state index contributed by atoms with van der Waals surface area (Å²) >= 11 is 0. The highest BCUT2D eigenvalue weighted by Gasteiger charge is 2.30. The number of rotatable bonds is 4. The van der Waals surface area contributed by atoms with E-state index in [0.29, 0.717) is 18.8 Å². The van der Waals surface area contributed by atoms with Crippen molar-refractivity contribution >= 4 is 17.7 Å². The zero-order valence-corrected chi connectivity index (χ0v) is 13.9. The molecule has 2 aromatic carbocycles. The SMILES string of the molecule is O=C1CC(c2ccc(C(=O)O)cc2)c2cnn(Cc3ccccc3)c2N1. The Morgan fingerprint density at radius 1 is 1.15 bits per heavy atom. The Bertz CT molecular complexity index is 962. The van der Waals surface area contributed by atoms with Crippen LogP contribution in [-0.2, 0) is 11.3 Å². The van der Waals surface area contributed by atoms with E-state index >= 15 is 0 Å². The molecule has 1 aromatic heterocycles. The molecule has 0 saturated heterocycles. The molecule has 0 saturated carbocycles. The van der Waals surface area contributed by atoms with Gasteiger partial charge in [-0.1, -0.05) is 42.5 Å². The zero-order chi connectivity index (χ0) is 18.1. The Labute approximate surface area is 150 Å². The highest BCUT2D eigenvalue weighted by Crippen LogP contribution is 2.37. The minimum atomic E-state index is -0.964. The summed E-state index contributed by atoms with van der Waals surface area (Å²) < 4.78 is 1.79. The monoisotopic (exact) mass is 347 g/mol. The number of fused-ring (bicyclic) bond motifs is 1. The lowest BCUT2D eigenvalue weighted by atomic mass is 9.87. The van der Waals surface area contributed by atoms with Crippen molar-refractivity contribution in [3.63, 3.8) is 0 Å². The molecule has 1 amide bonds. The summed E-state index contributed by atoms with van der Waals surface area (Å²) in [6.45, 7) is 0.571. The number of nitrogens with zero attached hydrogens (tertiary/aromatic N) is 2. The number of aromatic carboxylic acids is 1. The van der Waals surface area contributed by atoms with Gasteiger partial charge in [0, 0.05) is 17.9 Å². The molecule has 1 unspecified atom stereocenters. The molecule has 0 radical (unpaired) electrons. The van der Waals surface area contributed by atoms with Crippen LogP contribution in [0.5, 0.6) is 0 Å². The van der Waals surface area contributed by atoms with E-state index in [1.54, 1.807) is 35.1 Å². The van der Waals surface area contributed by atoms with E-state index in [0.717, 1.165) is 16.7 Å². The molecule has 2 N–H and O–H groups in total. The normalized spacial score (nSPS) is 16.0. The highest BCUT2D eigenvalue weighted by atomic mass is 16.4. The molecule has 3 aromatic rings. The summed E-state index contributed by atoms with van der Waals surface area (Å²) in [7, 11) is 0. The fourth-order valence-electron chi connectivity index (χ4n) is 3.30. The Kier molecular flexibility index (Phi) is 4.01. The second-order valence-corrected chi connectivity index (χ2v) is 6.32. The average Bonchev–Trinajstić information content (AvgIpc) is 3.04. The van der Waals surface area contributed by atoms with Crippen LogP contribution < -0.4 is 5.32 Å². The standard InChI is InChI=1S/C20H17N3O3/c24-18-10-16(14-6-8-15(9-7-14)20(25)26)17-11-21-23(19(17)22-18)12-13-4-2-1-3-5-13/h1-9,11,16H,10,12H2,(H,22,24)(H,25,26). The van der Waals surface area contributed by atoms with Gasteiger partial charge in [0.15, 0.2) is 0 Å². The van der Waals surface area contributed by atoms with Crippen molar-refractivity contribution in [2.24, 2.45) is 0 Å². The third-order valence-electron chi connectivity index (χ3n) is 4.63. The van der Waals surface area contributed by atoms with Gasteiger partial charge in [-0.3, -0.25) is 4.79 Å². The Balaban J connectivity index is 1.68. The van der Waals surface area contributed by atoms with Crippen LogP contribution in [0.2, 0.25) is 0 Å². The van der Waals surface area contributed by atoms with E-state index in [9.17, 15) is 9.59 Å². The van der Waals surface area contributed by atoms with Crippen LogP contribution in [0.1, 0.15) is 39.4 Å². The van der Waals surface area contributed by atoms with Crippen molar-refractivity contribution in [3.8, 4) is 0 Å². The molecule has 0 bridgehead atoms. The number of nitrogens with one attached hydrogen (secondary N) is 1. The van der Waals surface area contributed by atoms with Crippen LogP contribution in [0.15, 0.2) is 60.8 Å². The first kappa shape index (κ1) is 16.1. The quantitative estimate of drug-likeness (QED) is 0.759. The summed E-state index contributed by atoms with van der Waals surface area (Å²) in [6, 6.07) is 16.6. The number of hydrogen-bond acceptors (Lipinski definition) is 3. The molecule has 130 valence electrons. The van der Waals surface area contributed by atoms with E-state index in [1.165, 1.54) is 0 Å². The average molecular weight is 347 g/mol. The number of carboxylic acids is 1. The molecular formula is C20H17N3O3. The fraction of sp³-hybridized carbons (Fsp3) is 0.150. The van der Waals surface area contributed by atoms with Gasteiger partial charge in [-0.05, 0) is 23.3 Å². The second kappa shape index (κ2) is 6.48. The van der Waals surface area contributed by atoms with Crippen molar-refractivity contribution in [1.82, 2.24) is 9.78 Å². The van der Waals surface area contributed by atoms with Crippen molar-refractivity contribution in [2.75, 3.05) is 5.32 Å². The number of carbonyl (C=O) groups is 2. The van der Waals surface area contributed by atoms with Gasteiger partial charge in [0.25, 0.3) is 0 Å². The number of anilines is 1. The number of carboxylic acid groups (broad SMARTS) is 1. The van der Waals surface area contributed by atoms with Gasteiger partial charge in [-0.25, -0.2) is 9.48 Å². The summed E-state index contributed by atoms with van der Waals surface area (Å²) in [5, 5.41) is 16.4. The van der Waals surface area contributed by atoms with Crippen molar-refractivity contribution in [3.05, 3.63) is 83.0 Å². The van der Waals surface area contributed by atoms with Crippen molar-refractivity contribution in [1.29, 1.82) is 0 Å². The molecule has 2 heterocycles. The zero-order valence-electron chi connectivity index (χ0n) is 13.9. The van der Waals surface area contributed by atoms with Crippen LogP contribution >= 0.6 is 0 Å². The van der Waals surface area contributed by atoms with Crippen molar-refractivity contribution < 1.29 is 14.7 Å². The van der Waals surface area contributed by atoms with E-state index in [1.807, 2.05) is 30.3 Å². The first-order valence-corrected chi connectivity index (χ1v) is 8.34. The van der Waals surface area contributed by atoms with Gasteiger partial charge in [-0.2, -0.15) is 5.10 Å². The van der Waals surface area contributed by atoms with Crippen molar-refractivity contribution in [2.45, 2.75) is 18.9 Å². The summed E-state index contributed by atoms with van der Waals surface area (Å²) in [5.41, 5.74) is 3.18. The summed E-state index contributed by atoms with van der Waals surface area (Å²) in [6.07, 6.45) is 2.10. The third kappa shape index (κ3) is 2.97. The molecule has 26 heavy (non-hydrogen) atoms. The third-order valence-corrected chi connectivity index (χ3v) is 4.63. The molecule has 4 rings (SSSR count). The number of hydrogen-bond donors (Lipinski definition) is 2. The maximum absolute atomic E-state index is 12.2. The summed E-state index contributed by atoms with van der Waals surface area (Å²) in [5.74, 6) is -0.461. The Morgan fingerprint density at radius 3 is 2.58 bits per heavy atom. The van der Waals surface area contributed by atoms with Gasteiger partial charge in [0.05, 0.1) is 18.3 Å². The maximum atomic E-state index is 12.2. The van der Waals surface area contributed by atoms with E-state index in [4.69, 9.17) is 5.11 Å². The van der Waals surface area contributed by atoms with E-state index in [-0.39, 0.29) is 17.4 Å². The van der Waals surface area contributed by atoms with Gasteiger partial charge in [-0.15, -0.1) is 0 Å². The molecule has 1 atom stereocenters. The lowest BCUT2D eigenvalue weighted by Gasteiger charge is -2.24. The topological polar surface area (TPSA) is 84.2 Å². The van der Waals surface area contributed by atoms with Gasteiger partial charge >= 0.3 is 5.97 Å². The van der Waals surface area contributed by atoms with Crippen LogP contribution in [0.3, 0.4) is 0 Å². The van der Waals surface area contributed by atoms with Crippen LogP contribution in [0.4, 0.5) is 5.82 Å². The molecule has 1 aliphatic heterocycles. The number of aromatic nitrogens is 2. The number of benzene rings is 2. The first-order valence-electron chi connectivity index (χ1n) is 8.34. The molecule has 0 fully saturated rings. The van der Waals surface area contributed by atoms with Crippen LogP contribution in [-0.4, -0.2) is 26.8 Å².